The van der Waals surface area contributed by atoms with Crippen LogP contribution in [-0.2, 0) is 12.5 Å². The van der Waals surface area contributed by atoms with E-state index in [4.69, 9.17) is 5.73 Å². The zero-order chi connectivity index (χ0) is 11.2. The molecular weight excluding hydrogens is 184 g/mol. The van der Waals surface area contributed by atoms with Crippen LogP contribution in [0, 0.1) is 11.8 Å². The van der Waals surface area contributed by atoms with Gasteiger partial charge in [0.15, 0.2) is 0 Å². The van der Waals surface area contributed by atoms with E-state index in [1.54, 1.807) is 0 Å². The van der Waals surface area contributed by atoms with Crippen LogP contribution in [-0.4, -0.2) is 4.57 Å². The molecule has 0 spiro atoms. The summed E-state index contributed by atoms with van der Waals surface area (Å²) in [4.78, 5) is 0. The Morgan fingerprint density at radius 2 is 2.20 bits per heavy atom. The van der Waals surface area contributed by atoms with Gasteiger partial charge in [-0.3, -0.25) is 0 Å². The van der Waals surface area contributed by atoms with Crippen LogP contribution in [0.15, 0.2) is 12.3 Å². The quantitative estimate of drug-likeness (QED) is 0.810. The highest BCUT2D eigenvalue weighted by atomic mass is 15.0. The van der Waals surface area contributed by atoms with Crippen molar-refractivity contribution in [1.29, 1.82) is 0 Å². The summed E-state index contributed by atoms with van der Waals surface area (Å²) in [6.07, 6.45) is 4.59. The van der Waals surface area contributed by atoms with Crippen LogP contribution in [0.1, 0.15) is 39.3 Å². The van der Waals surface area contributed by atoms with Crippen LogP contribution in [0.2, 0.25) is 0 Å². The van der Waals surface area contributed by atoms with E-state index in [1.807, 2.05) is 6.20 Å². The summed E-state index contributed by atoms with van der Waals surface area (Å²) < 4.78 is 2.20. The number of hydrogen-bond acceptors (Lipinski definition) is 1. The van der Waals surface area contributed by atoms with Crippen molar-refractivity contribution >= 4 is 5.69 Å². The number of aryl methyl sites for hydroxylation is 1. The third-order valence-corrected chi connectivity index (χ3v) is 4.27. The molecular formula is C13H22N2. The zero-order valence-corrected chi connectivity index (χ0v) is 10.2. The molecule has 84 valence electrons. The highest BCUT2D eigenvalue weighted by Crippen LogP contribution is 2.53. The molecule has 1 heterocycles. The van der Waals surface area contributed by atoms with Crippen molar-refractivity contribution in [2.75, 3.05) is 5.73 Å². The van der Waals surface area contributed by atoms with Crippen LogP contribution >= 0.6 is 0 Å². The Morgan fingerprint density at radius 1 is 1.60 bits per heavy atom. The number of rotatable bonds is 3. The van der Waals surface area contributed by atoms with Crippen LogP contribution in [0.4, 0.5) is 5.69 Å². The molecule has 1 fully saturated rings. The molecule has 3 unspecified atom stereocenters. The molecule has 3 atom stereocenters. The molecule has 0 radical (unpaired) electrons. The van der Waals surface area contributed by atoms with E-state index < -0.39 is 0 Å². The SMILES string of the molecule is CCC(C)(c1cc(N)cn1C)C1CC1C. The normalized spacial score (nSPS) is 28.8. The first-order valence-electron chi connectivity index (χ1n) is 5.91. The summed E-state index contributed by atoms with van der Waals surface area (Å²) in [5.74, 6) is 1.72. The summed E-state index contributed by atoms with van der Waals surface area (Å²) in [6, 6.07) is 2.15. The lowest BCUT2D eigenvalue weighted by Crippen LogP contribution is -2.27. The molecule has 1 aliphatic rings. The van der Waals surface area contributed by atoms with Gasteiger partial charge in [0.1, 0.15) is 0 Å². The van der Waals surface area contributed by atoms with Gasteiger partial charge >= 0.3 is 0 Å². The topological polar surface area (TPSA) is 30.9 Å². The van der Waals surface area contributed by atoms with Gasteiger partial charge in [0.2, 0.25) is 0 Å². The third kappa shape index (κ3) is 1.56. The Hall–Kier alpha value is -0.920. The average molecular weight is 206 g/mol. The van der Waals surface area contributed by atoms with E-state index >= 15 is 0 Å². The van der Waals surface area contributed by atoms with Gasteiger partial charge in [0, 0.05) is 30.0 Å². The summed E-state index contributed by atoms with van der Waals surface area (Å²) in [5, 5.41) is 0. The number of anilines is 1. The van der Waals surface area contributed by atoms with Gasteiger partial charge in [-0.15, -0.1) is 0 Å². The third-order valence-electron chi connectivity index (χ3n) is 4.27. The zero-order valence-electron chi connectivity index (χ0n) is 10.2. The molecule has 0 aromatic carbocycles. The van der Waals surface area contributed by atoms with Crippen LogP contribution < -0.4 is 5.73 Å². The summed E-state index contributed by atoms with van der Waals surface area (Å²) in [7, 11) is 2.10. The van der Waals surface area contributed by atoms with E-state index in [0.29, 0.717) is 5.41 Å². The molecule has 15 heavy (non-hydrogen) atoms. The van der Waals surface area contributed by atoms with Crippen molar-refractivity contribution in [3.05, 3.63) is 18.0 Å². The predicted molar refractivity (Wildman–Crippen MR) is 64.7 cm³/mol. The number of aromatic nitrogens is 1. The van der Waals surface area contributed by atoms with E-state index in [9.17, 15) is 0 Å². The smallest absolute Gasteiger partial charge is 0.0496 e. The minimum Gasteiger partial charge on any atom is -0.397 e. The fraction of sp³-hybridized carbons (Fsp3) is 0.692. The Morgan fingerprint density at radius 3 is 2.53 bits per heavy atom. The predicted octanol–water partition coefficient (Wildman–Crippen LogP) is 2.93. The van der Waals surface area contributed by atoms with Crippen LogP contribution in [0.25, 0.3) is 0 Å². The van der Waals surface area contributed by atoms with E-state index in [1.165, 1.54) is 18.5 Å². The standard InChI is InChI=1S/C13H22N2/c1-5-13(3,11-6-9(11)2)12-7-10(14)8-15(12)4/h7-9,11H,5-6,14H2,1-4H3. The molecule has 2 heteroatoms. The molecule has 0 amide bonds. The number of nitrogens with two attached hydrogens (primary N) is 1. The van der Waals surface area contributed by atoms with Gasteiger partial charge in [-0.2, -0.15) is 0 Å². The second kappa shape index (κ2) is 3.29. The molecule has 0 aliphatic heterocycles. The molecule has 2 nitrogen and oxygen atoms in total. The number of nitrogens with zero attached hydrogens (tertiary/aromatic N) is 1. The first-order valence-corrected chi connectivity index (χ1v) is 5.91. The van der Waals surface area contributed by atoms with Crippen molar-refractivity contribution in [3.8, 4) is 0 Å². The fourth-order valence-corrected chi connectivity index (χ4v) is 3.00. The molecule has 1 aromatic heterocycles. The number of hydrogen-bond donors (Lipinski definition) is 1. The minimum atomic E-state index is 0.311. The Balaban J connectivity index is 2.37. The van der Waals surface area contributed by atoms with E-state index in [-0.39, 0.29) is 0 Å². The summed E-state index contributed by atoms with van der Waals surface area (Å²) >= 11 is 0. The first-order chi connectivity index (χ1) is 6.99. The largest absolute Gasteiger partial charge is 0.397 e. The molecule has 0 bridgehead atoms. The highest BCUT2D eigenvalue weighted by Gasteiger charge is 2.48. The van der Waals surface area contributed by atoms with Gasteiger partial charge in [-0.1, -0.05) is 20.8 Å². The van der Waals surface area contributed by atoms with Gasteiger partial charge in [-0.05, 0) is 30.7 Å². The van der Waals surface area contributed by atoms with Crippen molar-refractivity contribution < 1.29 is 0 Å². The van der Waals surface area contributed by atoms with Crippen molar-refractivity contribution in [2.45, 2.75) is 39.0 Å². The van der Waals surface area contributed by atoms with Gasteiger partial charge < -0.3 is 10.3 Å². The monoisotopic (exact) mass is 206 g/mol. The molecule has 1 aromatic rings. The second-order valence-corrected chi connectivity index (χ2v) is 5.36. The maximum absolute atomic E-state index is 5.87. The van der Waals surface area contributed by atoms with Crippen molar-refractivity contribution in [3.63, 3.8) is 0 Å². The van der Waals surface area contributed by atoms with Gasteiger partial charge in [0.05, 0.1) is 0 Å². The lowest BCUT2D eigenvalue weighted by atomic mass is 9.78. The lowest BCUT2D eigenvalue weighted by Gasteiger charge is -2.29. The van der Waals surface area contributed by atoms with Gasteiger partial charge in [-0.25, -0.2) is 0 Å². The number of nitrogen functional groups attached to an aromatic ring is 1. The Bertz CT molecular complexity index is 367. The van der Waals surface area contributed by atoms with Crippen LogP contribution in [0.3, 0.4) is 0 Å². The highest BCUT2D eigenvalue weighted by molar-refractivity contribution is 5.42. The maximum atomic E-state index is 5.87. The molecule has 1 aliphatic carbocycles. The second-order valence-electron chi connectivity index (χ2n) is 5.36. The van der Waals surface area contributed by atoms with Crippen molar-refractivity contribution in [1.82, 2.24) is 4.57 Å². The minimum absolute atomic E-state index is 0.311. The fourth-order valence-electron chi connectivity index (χ4n) is 3.00. The maximum Gasteiger partial charge on any atom is 0.0496 e. The van der Waals surface area contributed by atoms with Crippen molar-refractivity contribution in [2.24, 2.45) is 18.9 Å². The van der Waals surface area contributed by atoms with E-state index in [0.717, 1.165) is 17.5 Å². The average Bonchev–Trinajstić information content (AvgIpc) is 2.81. The van der Waals surface area contributed by atoms with Crippen LogP contribution in [0.5, 0.6) is 0 Å². The molecule has 2 rings (SSSR count). The first kappa shape index (κ1) is 10.6. The summed E-state index contributed by atoms with van der Waals surface area (Å²) in [6.45, 7) is 7.02. The Labute approximate surface area is 92.5 Å². The molecule has 2 N–H and O–H groups in total. The van der Waals surface area contributed by atoms with Gasteiger partial charge in [0.25, 0.3) is 0 Å². The summed E-state index contributed by atoms with van der Waals surface area (Å²) in [5.41, 5.74) is 8.47. The molecule has 1 saturated carbocycles. The lowest BCUT2D eigenvalue weighted by molar-refractivity contribution is 0.357. The molecule has 0 saturated heterocycles. The van der Waals surface area contributed by atoms with E-state index in [2.05, 4.69) is 38.5 Å². The Kier molecular flexibility index (Phi) is 2.32.